The lowest BCUT2D eigenvalue weighted by atomic mass is 10.1. The smallest absolute Gasteiger partial charge is 0.336 e. The molecular formula is C18H18N2O6. The van der Waals surface area contributed by atoms with Crippen molar-refractivity contribution in [2.45, 2.75) is 13.1 Å². The SMILES string of the molecule is O=C(CN(Cc1cccc(C(=O)O)c1)Cc1ccccc1C(=O)O)NO. The van der Waals surface area contributed by atoms with Crippen LogP contribution in [0.1, 0.15) is 31.8 Å². The predicted octanol–water partition coefficient (Wildman–Crippen LogP) is 1.59. The molecule has 0 radical (unpaired) electrons. The normalized spacial score (nSPS) is 10.5. The number of benzene rings is 2. The molecule has 26 heavy (non-hydrogen) atoms. The van der Waals surface area contributed by atoms with E-state index in [9.17, 15) is 19.5 Å². The first-order chi connectivity index (χ1) is 12.4. The Bertz CT molecular complexity index is 821. The highest BCUT2D eigenvalue weighted by Gasteiger charge is 2.16. The third-order valence-electron chi connectivity index (χ3n) is 3.71. The van der Waals surface area contributed by atoms with Crippen LogP contribution in [0.3, 0.4) is 0 Å². The average molecular weight is 358 g/mol. The molecule has 0 saturated carbocycles. The largest absolute Gasteiger partial charge is 0.478 e. The standard InChI is InChI=1S/C18H18N2O6/c21-16(19-26)11-20(9-12-4-3-6-13(8-12)17(22)23)10-14-5-1-2-7-15(14)18(24)25/h1-8,26H,9-11H2,(H,19,21)(H,22,23)(H,24,25). The van der Waals surface area contributed by atoms with Gasteiger partial charge in [-0.25, -0.2) is 15.1 Å². The molecule has 4 N–H and O–H groups in total. The molecule has 0 heterocycles. The van der Waals surface area contributed by atoms with Crippen molar-refractivity contribution in [3.8, 4) is 0 Å². The zero-order chi connectivity index (χ0) is 19.1. The zero-order valence-corrected chi connectivity index (χ0v) is 13.8. The van der Waals surface area contributed by atoms with Crippen LogP contribution < -0.4 is 5.48 Å². The van der Waals surface area contributed by atoms with Gasteiger partial charge in [-0.3, -0.25) is 14.9 Å². The molecule has 1 amide bonds. The van der Waals surface area contributed by atoms with Gasteiger partial charge in [0, 0.05) is 13.1 Å². The van der Waals surface area contributed by atoms with Gasteiger partial charge in [0.1, 0.15) is 0 Å². The minimum atomic E-state index is -1.08. The Hall–Kier alpha value is -3.23. The summed E-state index contributed by atoms with van der Waals surface area (Å²) in [5.74, 6) is -2.81. The Morgan fingerprint density at radius 1 is 0.923 bits per heavy atom. The van der Waals surface area contributed by atoms with Gasteiger partial charge in [0.15, 0.2) is 0 Å². The van der Waals surface area contributed by atoms with Gasteiger partial charge >= 0.3 is 11.9 Å². The van der Waals surface area contributed by atoms with Crippen LogP contribution in [-0.2, 0) is 17.9 Å². The van der Waals surface area contributed by atoms with E-state index >= 15 is 0 Å². The maximum atomic E-state index is 11.6. The Kier molecular flexibility index (Phi) is 6.42. The summed E-state index contributed by atoms with van der Waals surface area (Å²) in [6.07, 6.45) is 0. The fourth-order valence-corrected chi connectivity index (χ4v) is 2.57. The lowest BCUT2D eigenvalue weighted by molar-refractivity contribution is -0.130. The van der Waals surface area contributed by atoms with Crippen molar-refractivity contribution in [1.29, 1.82) is 0 Å². The van der Waals surface area contributed by atoms with E-state index < -0.39 is 17.8 Å². The highest BCUT2D eigenvalue weighted by Crippen LogP contribution is 2.15. The number of nitrogens with one attached hydrogen (secondary N) is 1. The molecule has 0 atom stereocenters. The summed E-state index contributed by atoms with van der Waals surface area (Å²) in [6, 6.07) is 12.6. The van der Waals surface area contributed by atoms with Crippen molar-refractivity contribution < 1.29 is 29.8 Å². The lowest BCUT2D eigenvalue weighted by Crippen LogP contribution is -2.35. The molecule has 0 saturated heterocycles. The summed E-state index contributed by atoms with van der Waals surface area (Å²) in [4.78, 5) is 35.6. The number of hydrogen-bond donors (Lipinski definition) is 4. The van der Waals surface area contributed by atoms with Crippen LogP contribution in [0.15, 0.2) is 48.5 Å². The van der Waals surface area contributed by atoms with Crippen LogP contribution >= 0.6 is 0 Å². The molecule has 0 aromatic heterocycles. The predicted molar refractivity (Wildman–Crippen MR) is 90.8 cm³/mol. The van der Waals surface area contributed by atoms with Crippen molar-refractivity contribution in [2.24, 2.45) is 0 Å². The number of carbonyl (C=O) groups excluding carboxylic acids is 1. The molecule has 0 fully saturated rings. The van der Waals surface area contributed by atoms with Gasteiger partial charge in [0.25, 0.3) is 5.91 Å². The number of rotatable bonds is 8. The Morgan fingerprint density at radius 2 is 1.65 bits per heavy atom. The lowest BCUT2D eigenvalue weighted by Gasteiger charge is -2.22. The molecule has 8 nitrogen and oxygen atoms in total. The first-order valence-electron chi connectivity index (χ1n) is 7.69. The summed E-state index contributed by atoms with van der Waals surface area (Å²) in [5, 5.41) is 27.2. The quantitative estimate of drug-likeness (QED) is 0.417. The number of hydroxylamine groups is 1. The molecule has 0 unspecified atom stereocenters. The molecule has 0 spiro atoms. The monoisotopic (exact) mass is 358 g/mol. The Morgan fingerprint density at radius 3 is 2.31 bits per heavy atom. The molecule has 0 aliphatic heterocycles. The molecule has 2 aromatic carbocycles. The van der Waals surface area contributed by atoms with Crippen molar-refractivity contribution >= 4 is 17.8 Å². The number of carboxylic acid groups (broad SMARTS) is 2. The van der Waals surface area contributed by atoms with E-state index in [1.165, 1.54) is 18.2 Å². The summed E-state index contributed by atoms with van der Waals surface area (Å²) in [7, 11) is 0. The van der Waals surface area contributed by atoms with Crippen LogP contribution in [0.5, 0.6) is 0 Å². The van der Waals surface area contributed by atoms with E-state index in [0.717, 1.165) is 0 Å². The van der Waals surface area contributed by atoms with Gasteiger partial charge in [-0.1, -0.05) is 30.3 Å². The van der Waals surface area contributed by atoms with Gasteiger partial charge in [0.2, 0.25) is 0 Å². The number of carboxylic acids is 2. The fourth-order valence-electron chi connectivity index (χ4n) is 2.57. The van der Waals surface area contributed by atoms with Gasteiger partial charge in [-0.05, 0) is 29.3 Å². The average Bonchev–Trinajstić information content (AvgIpc) is 2.62. The molecule has 2 aromatic rings. The van der Waals surface area contributed by atoms with E-state index in [2.05, 4.69) is 0 Å². The summed E-state index contributed by atoms with van der Waals surface area (Å²) < 4.78 is 0. The van der Waals surface area contributed by atoms with Crippen molar-refractivity contribution in [3.63, 3.8) is 0 Å². The number of hydrogen-bond acceptors (Lipinski definition) is 5. The van der Waals surface area contributed by atoms with Crippen LogP contribution in [0.4, 0.5) is 0 Å². The van der Waals surface area contributed by atoms with Crippen LogP contribution in [0.2, 0.25) is 0 Å². The molecule has 2 rings (SSSR count). The second-order valence-corrected chi connectivity index (χ2v) is 5.65. The maximum absolute atomic E-state index is 11.6. The molecular weight excluding hydrogens is 340 g/mol. The van der Waals surface area contributed by atoms with Crippen LogP contribution in [-0.4, -0.2) is 44.7 Å². The Balaban J connectivity index is 2.27. The zero-order valence-electron chi connectivity index (χ0n) is 13.8. The first-order valence-corrected chi connectivity index (χ1v) is 7.69. The van der Waals surface area contributed by atoms with Crippen LogP contribution in [0.25, 0.3) is 0 Å². The summed E-state index contributed by atoms with van der Waals surface area (Å²) in [5.41, 5.74) is 2.91. The number of amides is 1. The van der Waals surface area contributed by atoms with E-state index in [0.29, 0.717) is 11.1 Å². The molecule has 136 valence electrons. The molecule has 0 aliphatic rings. The first kappa shape index (κ1) is 19.1. The topological polar surface area (TPSA) is 127 Å². The van der Waals surface area contributed by atoms with Gasteiger partial charge < -0.3 is 10.2 Å². The van der Waals surface area contributed by atoms with E-state index in [-0.39, 0.29) is 30.8 Å². The van der Waals surface area contributed by atoms with Crippen LogP contribution in [0, 0.1) is 0 Å². The van der Waals surface area contributed by atoms with Gasteiger partial charge in [-0.15, -0.1) is 0 Å². The molecule has 0 aliphatic carbocycles. The maximum Gasteiger partial charge on any atom is 0.336 e. The highest BCUT2D eigenvalue weighted by atomic mass is 16.5. The van der Waals surface area contributed by atoms with E-state index in [1.807, 2.05) is 0 Å². The summed E-state index contributed by atoms with van der Waals surface area (Å²) in [6.45, 7) is 0.136. The van der Waals surface area contributed by atoms with E-state index in [4.69, 9.17) is 10.3 Å². The molecule has 0 bridgehead atoms. The van der Waals surface area contributed by atoms with Crippen molar-refractivity contribution in [2.75, 3.05) is 6.54 Å². The van der Waals surface area contributed by atoms with Gasteiger partial charge in [-0.2, -0.15) is 0 Å². The summed E-state index contributed by atoms with van der Waals surface area (Å²) >= 11 is 0. The minimum Gasteiger partial charge on any atom is -0.478 e. The number of carbonyl (C=O) groups is 3. The molecule has 8 heteroatoms. The second-order valence-electron chi connectivity index (χ2n) is 5.65. The van der Waals surface area contributed by atoms with Crippen molar-refractivity contribution in [3.05, 3.63) is 70.8 Å². The van der Waals surface area contributed by atoms with Crippen molar-refractivity contribution in [1.82, 2.24) is 10.4 Å². The number of nitrogens with zero attached hydrogens (tertiary/aromatic N) is 1. The highest BCUT2D eigenvalue weighted by molar-refractivity contribution is 5.89. The third-order valence-corrected chi connectivity index (χ3v) is 3.71. The fraction of sp³-hybridized carbons (Fsp3) is 0.167. The van der Waals surface area contributed by atoms with Gasteiger partial charge in [0.05, 0.1) is 17.7 Å². The third kappa shape index (κ3) is 5.13. The number of aromatic carboxylic acids is 2. The second kappa shape index (κ2) is 8.75. The Labute approximate surface area is 149 Å². The van der Waals surface area contributed by atoms with E-state index in [1.54, 1.807) is 40.7 Å². The minimum absolute atomic E-state index is 0.111.